The van der Waals surface area contributed by atoms with E-state index < -0.39 is 34.8 Å². The smallest absolute Gasteiger partial charge is 0.416 e. The third-order valence-electron chi connectivity index (χ3n) is 6.98. The van der Waals surface area contributed by atoms with Crippen molar-refractivity contribution in [1.82, 2.24) is 5.43 Å². The first-order valence-corrected chi connectivity index (χ1v) is 12.6. The fraction of sp³-hybridized carbons (Fsp3) is 0.267. The van der Waals surface area contributed by atoms with Crippen LogP contribution in [0.4, 0.5) is 32.0 Å². The molecule has 1 aliphatic rings. The van der Waals surface area contributed by atoms with Gasteiger partial charge >= 0.3 is 12.4 Å². The predicted octanol–water partition coefficient (Wildman–Crippen LogP) is 7.37. The maximum absolute atomic E-state index is 13.6. The van der Waals surface area contributed by atoms with Crippen LogP contribution in [0.5, 0.6) is 5.75 Å². The number of rotatable bonds is 7. The zero-order valence-electron chi connectivity index (χ0n) is 22.4. The Hall–Kier alpha value is -4.28. The Morgan fingerprint density at radius 2 is 1.61 bits per heavy atom. The molecule has 1 unspecified atom stereocenters. The first-order chi connectivity index (χ1) is 19.3. The second-order valence-corrected chi connectivity index (χ2v) is 9.69. The molecule has 0 bridgehead atoms. The molecule has 0 spiro atoms. The van der Waals surface area contributed by atoms with Crippen molar-refractivity contribution in [2.45, 2.75) is 38.0 Å². The molecule has 1 aliphatic heterocycles. The third-order valence-corrected chi connectivity index (χ3v) is 6.98. The number of ether oxygens (including phenoxy) is 1. The van der Waals surface area contributed by atoms with Crippen LogP contribution < -0.4 is 15.1 Å². The van der Waals surface area contributed by atoms with Gasteiger partial charge in [-0.25, -0.2) is 5.43 Å². The highest BCUT2D eigenvalue weighted by molar-refractivity contribution is 5.94. The van der Waals surface area contributed by atoms with E-state index in [0.717, 1.165) is 17.8 Å². The summed E-state index contributed by atoms with van der Waals surface area (Å²) in [5, 5.41) is 3.99. The second kappa shape index (κ2) is 11.3. The van der Waals surface area contributed by atoms with Crippen LogP contribution in [0.15, 0.2) is 83.6 Å². The van der Waals surface area contributed by atoms with E-state index in [1.165, 1.54) is 13.3 Å². The van der Waals surface area contributed by atoms with Gasteiger partial charge in [0.15, 0.2) is 0 Å². The molecule has 1 heterocycles. The number of allylic oxidation sites excluding steroid dienone is 2. The first-order valence-electron chi connectivity index (χ1n) is 12.6. The topological polar surface area (TPSA) is 53.9 Å². The van der Waals surface area contributed by atoms with E-state index in [1.54, 1.807) is 61.5 Å². The zero-order valence-corrected chi connectivity index (χ0v) is 22.4. The largest absolute Gasteiger partial charge is 0.497 e. The Bertz CT molecular complexity index is 1450. The van der Waals surface area contributed by atoms with E-state index in [-0.39, 0.29) is 18.1 Å². The Morgan fingerprint density at radius 1 is 0.976 bits per heavy atom. The number of nitrogens with zero attached hydrogens (tertiary/aromatic N) is 2. The van der Waals surface area contributed by atoms with Crippen LogP contribution in [0.25, 0.3) is 0 Å². The van der Waals surface area contributed by atoms with E-state index in [9.17, 15) is 31.1 Å². The fourth-order valence-corrected chi connectivity index (χ4v) is 5.07. The van der Waals surface area contributed by atoms with E-state index in [1.807, 2.05) is 11.8 Å². The molecule has 11 heteroatoms. The summed E-state index contributed by atoms with van der Waals surface area (Å²) in [6.07, 6.45) is -7.18. The summed E-state index contributed by atoms with van der Waals surface area (Å²) in [4.78, 5) is 14.3. The zero-order chi connectivity index (χ0) is 30.0. The van der Waals surface area contributed by atoms with Gasteiger partial charge in [-0.2, -0.15) is 31.4 Å². The number of hydrogen-bond acceptors (Lipinski definition) is 4. The van der Waals surface area contributed by atoms with Crippen LogP contribution in [0.1, 0.15) is 46.5 Å². The molecule has 3 aromatic carbocycles. The Morgan fingerprint density at radius 3 is 2.17 bits per heavy atom. The lowest BCUT2D eigenvalue weighted by Crippen LogP contribution is -2.31. The molecule has 1 amide bonds. The third kappa shape index (κ3) is 6.23. The van der Waals surface area contributed by atoms with Crippen LogP contribution in [0, 0.1) is 0 Å². The van der Waals surface area contributed by atoms with Crippen LogP contribution in [-0.4, -0.2) is 25.8 Å². The summed E-state index contributed by atoms with van der Waals surface area (Å²) in [5.41, 5.74) is 0.806. The number of hydrogen-bond donors (Lipinski definition) is 1. The number of anilines is 1. The fourth-order valence-electron chi connectivity index (χ4n) is 5.07. The van der Waals surface area contributed by atoms with Crippen LogP contribution in [-0.2, 0) is 24.2 Å². The molecule has 0 aliphatic carbocycles. The molecule has 1 atom stereocenters. The van der Waals surface area contributed by atoms with Crippen LogP contribution in [0.2, 0.25) is 0 Å². The van der Waals surface area contributed by atoms with Crippen LogP contribution >= 0.6 is 0 Å². The molecule has 1 N–H and O–H groups in total. The van der Waals surface area contributed by atoms with Gasteiger partial charge in [0.1, 0.15) is 5.75 Å². The van der Waals surface area contributed by atoms with Crippen molar-refractivity contribution in [2.75, 3.05) is 18.6 Å². The number of carbonyl (C=O) groups excluding carboxylic acids is 1. The number of nitrogens with one attached hydrogen (secondary N) is 1. The first kappa shape index (κ1) is 29.7. The Kier molecular flexibility index (Phi) is 8.19. The van der Waals surface area contributed by atoms with Gasteiger partial charge in [-0.1, -0.05) is 18.2 Å². The van der Waals surface area contributed by atoms with E-state index >= 15 is 0 Å². The highest BCUT2D eigenvalue weighted by Crippen LogP contribution is 2.51. The number of alkyl halides is 6. The lowest BCUT2D eigenvalue weighted by Gasteiger charge is -2.30. The summed E-state index contributed by atoms with van der Waals surface area (Å²) in [6.45, 7) is 4.06. The standard InChI is InChI=1S/C30H27F6N3O2/c1-4-39-25-11-10-23(41-3)17-24(25)28(2,26(39)12-13-37-38-27(40)20-8-6-5-7-9-20)18-19-14-21(29(31,32)33)16-22(15-19)30(34,35)36/h5-17H,4,18H2,1-3H3,(H,38,40)/b26-12-,37-13+. The minimum Gasteiger partial charge on any atom is -0.497 e. The number of methoxy groups -OCH3 is 1. The quantitative estimate of drug-likeness (QED) is 0.182. The molecule has 5 nitrogen and oxygen atoms in total. The lowest BCUT2D eigenvalue weighted by molar-refractivity contribution is -0.143. The van der Waals surface area contributed by atoms with Crippen LogP contribution in [0.3, 0.4) is 0 Å². The molecule has 0 radical (unpaired) electrons. The molecule has 4 rings (SSSR count). The van der Waals surface area contributed by atoms with Crippen molar-refractivity contribution in [1.29, 1.82) is 0 Å². The molecule has 41 heavy (non-hydrogen) atoms. The number of likely N-dealkylation sites (N-methyl/N-ethyl adjacent to an activating group) is 1. The Balaban J connectivity index is 1.79. The number of amides is 1. The van der Waals surface area contributed by atoms with Crippen molar-refractivity contribution >= 4 is 17.8 Å². The van der Waals surface area contributed by atoms with Crippen molar-refractivity contribution in [3.05, 3.63) is 106 Å². The maximum atomic E-state index is 13.6. The maximum Gasteiger partial charge on any atom is 0.416 e. The highest BCUT2D eigenvalue weighted by atomic mass is 19.4. The van der Waals surface area contributed by atoms with E-state index in [0.29, 0.717) is 29.1 Å². The number of hydrazone groups is 1. The van der Waals surface area contributed by atoms with E-state index in [2.05, 4.69) is 10.5 Å². The number of benzene rings is 3. The number of fused-ring (bicyclic) bond motifs is 1. The molecular weight excluding hydrogens is 548 g/mol. The average Bonchev–Trinajstić information content (AvgIpc) is 3.16. The lowest BCUT2D eigenvalue weighted by atomic mass is 9.76. The van der Waals surface area contributed by atoms with Gasteiger partial charge in [0.05, 0.1) is 18.2 Å². The van der Waals surface area contributed by atoms with Gasteiger partial charge in [-0.3, -0.25) is 4.79 Å². The monoisotopic (exact) mass is 575 g/mol. The van der Waals surface area contributed by atoms with Crippen molar-refractivity contribution in [3.8, 4) is 5.75 Å². The highest BCUT2D eigenvalue weighted by Gasteiger charge is 2.44. The summed E-state index contributed by atoms with van der Waals surface area (Å²) in [5.74, 6) is 0.0366. The summed E-state index contributed by atoms with van der Waals surface area (Å²) in [6, 6.07) is 15.3. The normalized spacial score (nSPS) is 18.2. The van der Waals surface area contributed by atoms with Crippen molar-refractivity contribution in [3.63, 3.8) is 0 Å². The molecule has 3 aromatic rings. The van der Waals surface area contributed by atoms with Crippen molar-refractivity contribution in [2.24, 2.45) is 5.10 Å². The van der Waals surface area contributed by atoms with E-state index in [4.69, 9.17) is 4.74 Å². The second-order valence-electron chi connectivity index (χ2n) is 9.69. The van der Waals surface area contributed by atoms with Gasteiger partial charge in [0, 0.05) is 35.1 Å². The average molecular weight is 576 g/mol. The van der Waals surface area contributed by atoms with Crippen molar-refractivity contribution < 1.29 is 35.9 Å². The summed E-state index contributed by atoms with van der Waals surface area (Å²) < 4.78 is 87.1. The molecule has 0 fully saturated rings. The molecule has 0 saturated heterocycles. The van der Waals surface area contributed by atoms with Gasteiger partial charge in [0.25, 0.3) is 5.91 Å². The number of halogens is 6. The molecule has 0 saturated carbocycles. The summed E-state index contributed by atoms with van der Waals surface area (Å²) in [7, 11) is 1.47. The summed E-state index contributed by atoms with van der Waals surface area (Å²) >= 11 is 0. The minimum absolute atomic E-state index is 0.120. The minimum atomic E-state index is -4.97. The molecule has 0 aromatic heterocycles. The van der Waals surface area contributed by atoms with Gasteiger partial charge < -0.3 is 9.64 Å². The SMILES string of the molecule is CCN1/C(=C\C=N\NC(=O)c2ccccc2)C(C)(Cc2cc(C(F)(F)F)cc(C(F)(F)F)c2)c2cc(OC)ccc21. The Labute approximate surface area is 233 Å². The molecule has 216 valence electrons. The predicted molar refractivity (Wildman–Crippen MR) is 144 cm³/mol. The van der Waals surface area contributed by atoms with Gasteiger partial charge in [-0.05, 0) is 86.0 Å². The van der Waals surface area contributed by atoms with Gasteiger partial charge in [0.2, 0.25) is 0 Å². The molecular formula is C30H27F6N3O2. The number of carbonyl (C=O) groups is 1. The van der Waals surface area contributed by atoms with Gasteiger partial charge in [-0.15, -0.1) is 0 Å².